The molecule has 0 saturated heterocycles. The maximum Gasteiger partial charge on any atom is 0.206 e. The summed E-state index contributed by atoms with van der Waals surface area (Å²) in [5, 5.41) is 9.23. The molecule has 0 aliphatic rings. The predicted molar refractivity (Wildman–Crippen MR) is 49.3 cm³/mol. The molecule has 0 aliphatic heterocycles. The van der Waals surface area contributed by atoms with Crippen LogP contribution in [0, 0.1) is 0 Å². The van der Waals surface area contributed by atoms with Gasteiger partial charge >= 0.3 is 0 Å². The van der Waals surface area contributed by atoms with Crippen LogP contribution in [0.1, 0.15) is 16.8 Å². The molecule has 0 fully saturated rings. The molecule has 4 heteroatoms. The lowest BCUT2D eigenvalue weighted by Crippen LogP contribution is -1.99. The monoisotopic (exact) mass is 193 g/mol. The predicted octanol–water partition coefficient (Wildman–Crippen LogP) is 1.08. The number of aromatic hydroxyl groups is 1. The first kappa shape index (κ1) is 10.2. The molecule has 0 heterocycles. The molecule has 0 aromatic heterocycles. The van der Waals surface area contributed by atoms with Gasteiger partial charge in [0.25, 0.3) is 0 Å². The zero-order valence-electron chi connectivity index (χ0n) is 7.61. The van der Waals surface area contributed by atoms with E-state index < -0.39 is 0 Å². The number of rotatable bonds is 4. The minimum absolute atomic E-state index is 0.0425. The molecule has 0 amide bonds. The van der Waals surface area contributed by atoms with Crippen LogP contribution in [0.3, 0.4) is 0 Å². The second-order valence-electron chi connectivity index (χ2n) is 2.63. The maximum atomic E-state index is 11.2. The second-order valence-corrected chi connectivity index (χ2v) is 2.63. The highest BCUT2D eigenvalue weighted by Crippen LogP contribution is 2.26. The number of ketones is 1. The van der Waals surface area contributed by atoms with Gasteiger partial charge in [-0.3, -0.25) is 9.59 Å². The Labute approximate surface area is 81.1 Å². The Balaban J connectivity index is 2.99. The first-order chi connectivity index (χ1) is 6.69. The van der Waals surface area contributed by atoms with E-state index in [0.29, 0.717) is 5.56 Å². The van der Waals surface area contributed by atoms with Gasteiger partial charge < -0.3 is 9.84 Å². The van der Waals surface area contributed by atoms with Gasteiger partial charge in [-0.25, -0.2) is 0 Å². The molecule has 0 aliphatic carbocycles. The van der Waals surface area contributed by atoms with Crippen LogP contribution in [0.15, 0.2) is 18.2 Å². The summed E-state index contributed by atoms with van der Waals surface area (Å²) in [4.78, 5) is 21.2. The van der Waals surface area contributed by atoms with Crippen molar-refractivity contribution in [3.8, 4) is 11.5 Å². The molecular formula is C10H9O4. The lowest BCUT2D eigenvalue weighted by atomic mass is 10.1. The molecule has 1 N–H and O–H groups in total. The van der Waals surface area contributed by atoms with Crippen molar-refractivity contribution in [3.05, 3.63) is 23.8 Å². The number of hydrogen-bond donors (Lipinski definition) is 1. The van der Waals surface area contributed by atoms with E-state index in [-0.39, 0.29) is 23.7 Å². The molecule has 1 rings (SSSR count). The van der Waals surface area contributed by atoms with Gasteiger partial charge in [-0.15, -0.1) is 0 Å². The Morgan fingerprint density at radius 1 is 1.57 bits per heavy atom. The van der Waals surface area contributed by atoms with Crippen LogP contribution in [0.2, 0.25) is 0 Å². The van der Waals surface area contributed by atoms with Crippen LogP contribution >= 0.6 is 0 Å². The van der Waals surface area contributed by atoms with Crippen molar-refractivity contribution in [3.63, 3.8) is 0 Å². The third kappa shape index (κ3) is 2.10. The number of benzene rings is 1. The van der Waals surface area contributed by atoms with E-state index >= 15 is 0 Å². The molecule has 0 spiro atoms. The first-order valence-corrected chi connectivity index (χ1v) is 3.94. The molecule has 73 valence electrons. The number of methoxy groups -OCH3 is 1. The average Bonchev–Trinajstić information content (AvgIpc) is 2.19. The van der Waals surface area contributed by atoms with Crippen LogP contribution < -0.4 is 4.74 Å². The zero-order chi connectivity index (χ0) is 10.6. The molecular weight excluding hydrogens is 184 g/mol. The molecule has 0 saturated carbocycles. The summed E-state index contributed by atoms with van der Waals surface area (Å²) >= 11 is 0. The van der Waals surface area contributed by atoms with E-state index in [0.717, 1.165) is 0 Å². The van der Waals surface area contributed by atoms with Crippen LogP contribution in [0.4, 0.5) is 0 Å². The van der Waals surface area contributed by atoms with Crippen LogP contribution in [-0.2, 0) is 4.79 Å². The Morgan fingerprint density at radius 2 is 2.29 bits per heavy atom. The Hall–Kier alpha value is -1.84. The molecule has 1 radical (unpaired) electrons. The minimum Gasteiger partial charge on any atom is -0.504 e. The standard InChI is InChI=1S/C10H9O4/c1-14-10-6-7(2-3-9(10)13)8(12)4-5-11/h2-3,6,13H,4H2,1H3. The summed E-state index contributed by atoms with van der Waals surface area (Å²) in [6, 6.07) is 4.16. The fourth-order valence-electron chi connectivity index (χ4n) is 1.02. The maximum absolute atomic E-state index is 11.2. The van der Waals surface area contributed by atoms with Gasteiger partial charge in [0.15, 0.2) is 17.3 Å². The number of Topliss-reactive ketones (excluding diaryl/α,β-unsaturated/α-hetero) is 1. The smallest absolute Gasteiger partial charge is 0.206 e. The van der Waals surface area contributed by atoms with E-state index in [4.69, 9.17) is 4.74 Å². The van der Waals surface area contributed by atoms with Gasteiger partial charge in [0.1, 0.15) is 0 Å². The summed E-state index contributed by atoms with van der Waals surface area (Å²) < 4.78 is 4.81. The molecule has 1 aromatic rings. The number of carbonyl (C=O) groups is 1. The second kappa shape index (κ2) is 4.41. The van der Waals surface area contributed by atoms with Gasteiger partial charge in [-0.05, 0) is 18.2 Å². The fraction of sp³-hybridized carbons (Fsp3) is 0.200. The fourth-order valence-corrected chi connectivity index (χ4v) is 1.02. The largest absolute Gasteiger partial charge is 0.504 e. The van der Waals surface area contributed by atoms with E-state index in [1.54, 1.807) is 0 Å². The van der Waals surface area contributed by atoms with E-state index in [1.807, 2.05) is 0 Å². The van der Waals surface area contributed by atoms with Crippen molar-refractivity contribution >= 4 is 12.1 Å². The summed E-state index contributed by atoms with van der Waals surface area (Å²) in [6.07, 6.45) is 1.23. The number of phenolic OH excluding ortho intramolecular Hbond substituents is 1. The highest BCUT2D eigenvalue weighted by molar-refractivity contribution is 6.03. The minimum atomic E-state index is -0.349. The summed E-state index contributed by atoms with van der Waals surface area (Å²) in [7, 11) is 1.38. The van der Waals surface area contributed by atoms with Crippen molar-refractivity contribution < 1.29 is 19.4 Å². The Kier molecular flexibility index (Phi) is 3.23. The number of hydrogen-bond acceptors (Lipinski definition) is 4. The normalized spacial score (nSPS) is 9.50. The summed E-state index contributed by atoms with van der Waals surface area (Å²) in [5.41, 5.74) is 0.322. The summed E-state index contributed by atoms with van der Waals surface area (Å²) in [6.45, 7) is 0. The molecule has 0 unspecified atom stereocenters. The molecule has 4 nitrogen and oxygen atoms in total. The van der Waals surface area contributed by atoms with Gasteiger partial charge in [-0.2, -0.15) is 0 Å². The molecule has 0 bridgehead atoms. The molecule has 1 aromatic carbocycles. The number of phenols is 1. The van der Waals surface area contributed by atoms with Crippen molar-refractivity contribution in [2.75, 3.05) is 7.11 Å². The summed E-state index contributed by atoms with van der Waals surface area (Å²) in [5.74, 6) is -0.181. The van der Waals surface area contributed by atoms with E-state index in [1.165, 1.54) is 31.6 Å². The average molecular weight is 193 g/mol. The van der Waals surface area contributed by atoms with E-state index in [2.05, 4.69) is 0 Å². The SMILES string of the molecule is COc1cc(C(=O)C[C]=O)ccc1O. The molecule has 14 heavy (non-hydrogen) atoms. The lowest BCUT2D eigenvalue weighted by molar-refractivity contribution is 0.0999. The van der Waals surface area contributed by atoms with Crippen LogP contribution in [0.25, 0.3) is 0 Å². The van der Waals surface area contributed by atoms with E-state index in [9.17, 15) is 14.7 Å². The quantitative estimate of drug-likeness (QED) is 0.574. The lowest BCUT2D eigenvalue weighted by Gasteiger charge is -2.04. The Morgan fingerprint density at radius 3 is 2.86 bits per heavy atom. The van der Waals surface area contributed by atoms with Crippen LogP contribution in [0.5, 0.6) is 11.5 Å². The highest BCUT2D eigenvalue weighted by atomic mass is 16.5. The van der Waals surface area contributed by atoms with Crippen molar-refractivity contribution in [1.29, 1.82) is 0 Å². The first-order valence-electron chi connectivity index (χ1n) is 3.94. The topological polar surface area (TPSA) is 63.6 Å². The van der Waals surface area contributed by atoms with Crippen molar-refractivity contribution in [1.82, 2.24) is 0 Å². The Bertz CT molecular complexity index is 357. The number of ether oxygens (including phenoxy) is 1. The van der Waals surface area contributed by atoms with Gasteiger partial charge in [-0.1, -0.05) is 0 Å². The third-order valence-electron chi connectivity index (χ3n) is 1.73. The van der Waals surface area contributed by atoms with Crippen molar-refractivity contribution in [2.45, 2.75) is 6.42 Å². The highest BCUT2D eigenvalue weighted by Gasteiger charge is 2.09. The van der Waals surface area contributed by atoms with Gasteiger partial charge in [0, 0.05) is 5.56 Å². The zero-order valence-corrected chi connectivity index (χ0v) is 7.61. The third-order valence-corrected chi connectivity index (χ3v) is 1.73. The molecule has 0 atom stereocenters. The van der Waals surface area contributed by atoms with Crippen LogP contribution in [-0.4, -0.2) is 24.3 Å². The van der Waals surface area contributed by atoms with Gasteiger partial charge in [0.05, 0.1) is 13.5 Å². The van der Waals surface area contributed by atoms with Gasteiger partial charge in [0.2, 0.25) is 6.29 Å². The number of carbonyl (C=O) groups excluding carboxylic acids is 2. The van der Waals surface area contributed by atoms with Crippen molar-refractivity contribution in [2.24, 2.45) is 0 Å².